The van der Waals surface area contributed by atoms with Crippen molar-refractivity contribution in [3.63, 3.8) is 0 Å². The van der Waals surface area contributed by atoms with E-state index in [0.29, 0.717) is 13.1 Å². The van der Waals surface area contributed by atoms with Crippen LogP contribution in [0.5, 0.6) is 0 Å². The first-order chi connectivity index (χ1) is 8.56. The minimum Gasteiger partial charge on any atom is -0.369 e. The lowest BCUT2D eigenvalue weighted by atomic mass is 10.1. The van der Waals surface area contributed by atoms with E-state index in [1.807, 2.05) is 36.1 Å². The maximum Gasteiger partial charge on any atom is 0.221 e. The van der Waals surface area contributed by atoms with Crippen molar-refractivity contribution in [1.82, 2.24) is 4.90 Å². The molecule has 1 atom stereocenters. The summed E-state index contributed by atoms with van der Waals surface area (Å²) in [6, 6.07) is 7.58. The number of benzene rings is 1. The fourth-order valence-corrected chi connectivity index (χ4v) is 2.32. The van der Waals surface area contributed by atoms with Crippen molar-refractivity contribution in [2.24, 2.45) is 11.7 Å². The molecule has 0 aromatic heterocycles. The summed E-state index contributed by atoms with van der Waals surface area (Å²) in [4.78, 5) is 25.1. The van der Waals surface area contributed by atoms with Gasteiger partial charge in [0.05, 0.1) is 12.5 Å². The van der Waals surface area contributed by atoms with Gasteiger partial charge in [-0.1, -0.05) is 23.8 Å². The number of amides is 1. The van der Waals surface area contributed by atoms with Gasteiger partial charge in [-0.3, -0.25) is 14.5 Å². The molecule has 1 aliphatic rings. The number of likely N-dealkylation sites (tertiary alicyclic amines) is 1. The van der Waals surface area contributed by atoms with E-state index < -0.39 is 0 Å². The summed E-state index contributed by atoms with van der Waals surface area (Å²) in [5, 5.41) is 0. The number of carbonyl (C=O) groups excluding carboxylic acids is 2. The first kappa shape index (κ1) is 12.8. The predicted molar refractivity (Wildman–Crippen MR) is 69.3 cm³/mol. The van der Waals surface area contributed by atoms with Gasteiger partial charge in [0.15, 0.2) is 5.78 Å². The van der Waals surface area contributed by atoms with Crippen molar-refractivity contribution in [2.75, 3.05) is 19.6 Å². The summed E-state index contributed by atoms with van der Waals surface area (Å²) in [6.07, 6.45) is 0.760. The van der Waals surface area contributed by atoms with Gasteiger partial charge in [-0.15, -0.1) is 0 Å². The Hall–Kier alpha value is -1.68. The molecule has 0 spiro atoms. The van der Waals surface area contributed by atoms with Gasteiger partial charge in [-0.2, -0.15) is 0 Å². The second-order valence-electron chi connectivity index (χ2n) is 4.92. The molecule has 4 heteroatoms. The van der Waals surface area contributed by atoms with E-state index in [9.17, 15) is 9.59 Å². The molecule has 0 saturated carbocycles. The fraction of sp³-hybridized carbons (Fsp3) is 0.429. The summed E-state index contributed by atoms with van der Waals surface area (Å²) in [5.41, 5.74) is 7.09. The van der Waals surface area contributed by atoms with E-state index >= 15 is 0 Å². The van der Waals surface area contributed by atoms with E-state index in [2.05, 4.69) is 0 Å². The third kappa shape index (κ3) is 2.96. The van der Waals surface area contributed by atoms with Crippen LogP contribution in [0.3, 0.4) is 0 Å². The van der Waals surface area contributed by atoms with Crippen LogP contribution in [-0.4, -0.2) is 36.2 Å². The van der Waals surface area contributed by atoms with Gasteiger partial charge < -0.3 is 5.73 Å². The number of carbonyl (C=O) groups is 2. The van der Waals surface area contributed by atoms with Crippen LogP contribution < -0.4 is 5.73 Å². The molecule has 96 valence electrons. The van der Waals surface area contributed by atoms with Crippen LogP contribution in [0, 0.1) is 12.8 Å². The van der Waals surface area contributed by atoms with Gasteiger partial charge in [0, 0.05) is 12.1 Å². The summed E-state index contributed by atoms with van der Waals surface area (Å²) >= 11 is 0. The summed E-state index contributed by atoms with van der Waals surface area (Å²) < 4.78 is 0. The SMILES string of the molecule is Cc1cccc(C(=O)CN2CCC(C(N)=O)C2)c1. The van der Waals surface area contributed by atoms with Crippen molar-refractivity contribution in [3.05, 3.63) is 35.4 Å². The van der Waals surface area contributed by atoms with Crippen molar-refractivity contribution in [1.29, 1.82) is 0 Å². The summed E-state index contributed by atoms with van der Waals surface area (Å²) in [6.45, 7) is 3.71. The normalized spacial score (nSPS) is 19.9. The van der Waals surface area contributed by atoms with Crippen molar-refractivity contribution >= 4 is 11.7 Å². The molecule has 1 aromatic rings. The lowest BCUT2D eigenvalue weighted by Gasteiger charge is -2.14. The predicted octanol–water partition coefficient (Wildman–Crippen LogP) is 0.985. The van der Waals surface area contributed by atoms with Crippen molar-refractivity contribution in [3.8, 4) is 0 Å². The molecule has 1 fully saturated rings. The van der Waals surface area contributed by atoms with Crippen LogP contribution >= 0.6 is 0 Å². The molecule has 1 unspecified atom stereocenters. The van der Waals surface area contributed by atoms with Crippen LogP contribution in [-0.2, 0) is 4.79 Å². The Morgan fingerprint density at radius 3 is 2.83 bits per heavy atom. The third-order valence-corrected chi connectivity index (χ3v) is 3.38. The number of nitrogens with two attached hydrogens (primary N) is 1. The Kier molecular flexibility index (Phi) is 3.77. The lowest BCUT2D eigenvalue weighted by Crippen LogP contribution is -2.31. The number of hydrogen-bond acceptors (Lipinski definition) is 3. The molecule has 1 amide bonds. The number of Topliss-reactive ketones (excluding diaryl/α,β-unsaturated/α-hetero) is 1. The van der Waals surface area contributed by atoms with Crippen LogP contribution in [0.2, 0.25) is 0 Å². The highest BCUT2D eigenvalue weighted by Crippen LogP contribution is 2.16. The molecule has 18 heavy (non-hydrogen) atoms. The Morgan fingerprint density at radius 1 is 1.44 bits per heavy atom. The largest absolute Gasteiger partial charge is 0.369 e. The number of hydrogen-bond donors (Lipinski definition) is 1. The fourth-order valence-electron chi connectivity index (χ4n) is 2.32. The number of primary amides is 1. The summed E-state index contributed by atoms with van der Waals surface area (Å²) in [5.74, 6) is -0.264. The van der Waals surface area contributed by atoms with Crippen molar-refractivity contribution in [2.45, 2.75) is 13.3 Å². The van der Waals surface area contributed by atoms with Crippen molar-refractivity contribution < 1.29 is 9.59 Å². The molecule has 1 heterocycles. The maximum absolute atomic E-state index is 12.1. The Morgan fingerprint density at radius 2 is 2.22 bits per heavy atom. The lowest BCUT2D eigenvalue weighted by molar-refractivity contribution is -0.121. The Balaban J connectivity index is 1.95. The van der Waals surface area contributed by atoms with Gasteiger partial charge in [0.25, 0.3) is 0 Å². The van der Waals surface area contributed by atoms with Gasteiger partial charge in [-0.25, -0.2) is 0 Å². The van der Waals surface area contributed by atoms with Gasteiger partial charge in [0.2, 0.25) is 5.91 Å². The number of aryl methyl sites for hydroxylation is 1. The van der Waals surface area contributed by atoms with Gasteiger partial charge in [-0.05, 0) is 26.0 Å². The Labute approximate surface area is 107 Å². The van der Waals surface area contributed by atoms with Crippen LogP contribution in [0.4, 0.5) is 0 Å². The van der Waals surface area contributed by atoms with E-state index in [0.717, 1.165) is 24.1 Å². The van der Waals surface area contributed by atoms with Crippen LogP contribution in [0.25, 0.3) is 0 Å². The number of ketones is 1. The minimum absolute atomic E-state index is 0.101. The average molecular weight is 246 g/mol. The zero-order chi connectivity index (χ0) is 13.1. The highest BCUT2D eigenvalue weighted by molar-refractivity contribution is 5.97. The smallest absolute Gasteiger partial charge is 0.221 e. The average Bonchev–Trinajstić information content (AvgIpc) is 2.77. The number of nitrogens with zero attached hydrogens (tertiary/aromatic N) is 1. The maximum atomic E-state index is 12.1. The van der Waals surface area contributed by atoms with Gasteiger partial charge >= 0.3 is 0 Å². The second-order valence-corrected chi connectivity index (χ2v) is 4.92. The zero-order valence-corrected chi connectivity index (χ0v) is 10.6. The van der Waals surface area contributed by atoms with Crippen LogP contribution in [0.15, 0.2) is 24.3 Å². The topological polar surface area (TPSA) is 63.4 Å². The molecule has 1 aliphatic heterocycles. The molecule has 0 bridgehead atoms. The van der Waals surface area contributed by atoms with E-state index in [1.165, 1.54) is 0 Å². The Bertz CT molecular complexity index is 471. The monoisotopic (exact) mass is 246 g/mol. The zero-order valence-electron chi connectivity index (χ0n) is 10.6. The minimum atomic E-state index is -0.263. The molecule has 1 saturated heterocycles. The molecule has 4 nitrogen and oxygen atoms in total. The molecule has 2 N–H and O–H groups in total. The van der Waals surface area contributed by atoms with Gasteiger partial charge in [0.1, 0.15) is 0 Å². The van der Waals surface area contributed by atoms with Crippen LogP contribution in [0.1, 0.15) is 22.3 Å². The van der Waals surface area contributed by atoms with E-state index in [-0.39, 0.29) is 17.6 Å². The second kappa shape index (κ2) is 5.31. The highest BCUT2D eigenvalue weighted by atomic mass is 16.1. The molecular weight excluding hydrogens is 228 g/mol. The van der Waals surface area contributed by atoms with E-state index in [1.54, 1.807) is 0 Å². The quantitative estimate of drug-likeness (QED) is 0.806. The number of rotatable bonds is 4. The molecular formula is C14H18N2O2. The molecule has 0 aliphatic carbocycles. The molecule has 0 radical (unpaired) electrons. The standard InChI is InChI=1S/C14H18N2O2/c1-10-3-2-4-11(7-10)13(17)9-16-6-5-12(8-16)14(15)18/h2-4,7,12H,5-6,8-9H2,1H3,(H2,15,18). The molecule has 1 aromatic carbocycles. The van der Waals surface area contributed by atoms with E-state index in [4.69, 9.17) is 5.73 Å². The third-order valence-electron chi connectivity index (χ3n) is 3.38. The summed E-state index contributed by atoms with van der Waals surface area (Å²) in [7, 11) is 0. The first-order valence-electron chi connectivity index (χ1n) is 6.18. The molecule has 2 rings (SSSR count). The highest BCUT2D eigenvalue weighted by Gasteiger charge is 2.27. The first-order valence-corrected chi connectivity index (χ1v) is 6.18.